The first-order valence-electron chi connectivity index (χ1n) is 5.85. The van der Waals surface area contributed by atoms with Crippen LogP contribution in [0, 0.1) is 0 Å². The van der Waals surface area contributed by atoms with Crippen molar-refractivity contribution >= 4 is 7.60 Å². The van der Waals surface area contributed by atoms with Gasteiger partial charge in [0.25, 0.3) is 0 Å². The lowest BCUT2D eigenvalue weighted by atomic mass is 10.4. The zero-order valence-electron chi connectivity index (χ0n) is 10.3. The molecule has 2 unspecified atom stereocenters. The van der Waals surface area contributed by atoms with Crippen molar-refractivity contribution in [3.05, 3.63) is 0 Å². The van der Waals surface area contributed by atoms with E-state index in [0.717, 1.165) is 0 Å². The molecule has 1 N–H and O–H groups in total. The van der Waals surface area contributed by atoms with Crippen molar-refractivity contribution in [1.82, 2.24) is 0 Å². The predicted molar refractivity (Wildman–Crippen MR) is 62.3 cm³/mol. The van der Waals surface area contributed by atoms with Crippen LogP contribution in [0.2, 0.25) is 0 Å². The van der Waals surface area contributed by atoms with Gasteiger partial charge in [0.05, 0.1) is 45.3 Å². The lowest BCUT2D eigenvalue weighted by molar-refractivity contribution is 0.0372. The van der Waals surface area contributed by atoms with Crippen molar-refractivity contribution in [3.63, 3.8) is 0 Å². The topological polar surface area (TPSA) is 77.5 Å². The average Bonchev–Trinajstić information content (AvgIpc) is 3.01. The van der Waals surface area contributed by atoms with E-state index in [1.54, 1.807) is 13.8 Å². The summed E-state index contributed by atoms with van der Waals surface area (Å²) in [7, 11) is -3.19. The van der Waals surface area contributed by atoms with Gasteiger partial charge in [0.2, 0.25) is 0 Å². The van der Waals surface area contributed by atoms with E-state index in [0.29, 0.717) is 26.4 Å². The molecule has 0 radical (unpaired) electrons. The maximum Gasteiger partial charge on any atom is 0.333 e. The lowest BCUT2D eigenvalue weighted by Gasteiger charge is -2.19. The van der Waals surface area contributed by atoms with E-state index in [2.05, 4.69) is 0 Å². The van der Waals surface area contributed by atoms with Crippen LogP contribution in [0.4, 0.5) is 0 Å². The van der Waals surface area contributed by atoms with Crippen molar-refractivity contribution in [2.45, 2.75) is 26.1 Å². The molecular weight excluding hydrogens is 247 g/mol. The quantitative estimate of drug-likeness (QED) is 0.471. The van der Waals surface area contributed by atoms with Crippen LogP contribution in [-0.2, 0) is 23.1 Å². The maximum atomic E-state index is 12.0. The molecule has 0 saturated carbocycles. The fourth-order valence-electron chi connectivity index (χ4n) is 1.35. The van der Waals surface area contributed by atoms with Gasteiger partial charge in [-0.3, -0.25) is 4.57 Å². The van der Waals surface area contributed by atoms with Gasteiger partial charge in [0.15, 0.2) is 0 Å². The highest BCUT2D eigenvalue weighted by atomic mass is 31.2. The van der Waals surface area contributed by atoms with Crippen LogP contribution in [0.1, 0.15) is 13.8 Å². The van der Waals surface area contributed by atoms with Gasteiger partial charge in [-0.15, -0.1) is 0 Å². The highest BCUT2D eigenvalue weighted by Gasteiger charge is 2.28. The van der Waals surface area contributed by atoms with Crippen LogP contribution < -0.4 is 0 Å². The molecule has 6 nitrogen and oxygen atoms in total. The molecule has 0 bridgehead atoms. The summed E-state index contributed by atoms with van der Waals surface area (Å²) < 4.78 is 32.4. The molecule has 2 atom stereocenters. The molecular formula is C10H21O6P. The molecule has 0 amide bonds. The summed E-state index contributed by atoms with van der Waals surface area (Å²) >= 11 is 0. The monoisotopic (exact) mass is 268 g/mol. The number of aliphatic hydroxyl groups excluding tert-OH is 1. The molecule has 0 aromatic carbocycles. The molecule has 1 heterocycles. The summed E-state index contributed by atoms with van der Waals surface area (Å²) in [6.07, 6.45) is -0.731. The second-order valence-electron chi connectivity index (χ2n) is 3.78. The van der Waals surface area contributed by atoms with Crippen LogP contribution in [-0.4, -0.2) is 56.5 Å². The van der Waals surface area contributed by atoms with E-state index in [4.69, 9.17) is 18.5 Å². The first kappa shape index (κ1) is 15.1. The van der Waals surface area contributed by atoms with Gasteiger partial charge in [-0.05, 0) is 13.8 Å². The Morgan fingerprint density at radius 3 is 2.47 bits per heavy atom. The van der Waals surface area contributed by atoms with Gasteiger partial charge in [-0.2, -0.15) is 0 Å². The molecule has 1 aliphatic rings. The first-order chi connectivity index (χ1) is 8.09. The molecule has 102 valence electrons. The fraction of sp³-hybridized carbons (Fsp3) is 1.00. The summed E-state index contributed by atoms with van der Waals surface area (Å²) in [5, 5.41) is 9.67. The third-order valence-corrected chi connectivity index (χ3v) is 4.27. The van der Waals surface area contributed by atoms with Crippen LogP contribution >= 0.6 is 7.60 Å². The zero-order chi connectivity index (χ0) is 12.7. The average molecular weight is 268 g/mol. The molecule has 1 rings (SSSR count). The Hall–Kier alpha value is 0.0300. The van der Waals surface area contributed by atoms with Crippen molar-refractivity contribution in [3.8, 4) is 0 Å². The van der Waals surface area contributed by atoms with Crippen molar-refractivity contribution in [2.75, 3.05) is 39.2 Å². The minimum Gasteiger partial charge on any atom is -0.390 e. The highest BCUT2D eigenvalue weighted by molar-refractivity contribution is 7.53. The fourth-order valence-corrected chi connectivity index (χ4v) is 3.04. The SMILES string of the molecule is CCOP(=O)(CC(O)COCC1CO1)OCC. The summed E-state index contributed by atoms with van der Waals surface area (Å²) in [4.78, 5) is 0. The largest absolute Gasteiger partial charge is 0.390 e. The maximum absolute atomic E-state index is 12.0. The molecule has 0 spiro atoms. The highest BCUT2D eigenvalue weighted by Crippen LogP contribution is 2.48. The summed E-state index contributed by atoms with van der Waals surface area (Å²) in [6.45, 7) is 5.35. The third-order valence-electron chi connectivity index (χ3n) is 2.10. The molecule has 0 aliphatic carbocycles. The van der Waals surface area contributed by atoms with Gasteiger partial charge < -0.3 is 23.6 Å². The first-order valence-corrected chi connectivity index (χ1v) is 7.58. The minimum absolute atomic E-state index is 0.0415. The molecule has 1 fully saturated rings. The molecule has 1 saturated heterocycles. The standard InChI is InChI=1S/C10H21O6P/c1-3-15-17(12,16-4-2)8-9(11)5-13-6-10-7-14-10/h9-11H,3-8H2,1-2H3. The summed E-state index contributed by atoms with van der Waals surface area (Å²) in [5.74, 6) is 0. The summed E-state index contributed by atoms with van der Waals surface area (Å²) in [6, 6.07) is 0. The predicted octanol–water partition coefficient (Wildman–Crippen LogP) is 1.03. The number of epoxide rings is 1. The number of rotatable bonds is 10. The van der Waals surface area contributed by atoms with Crippen LogP contribution in [0.25, 0.3) is 0 Å². The Labute approximate surface area is 102 Å². The van der Waals surface area contributed by atoms with E-state index in [1.807, 2.05) is 0 Å². The van der Waals surface area contributed by atoms with E-state index >= 15 is 0 Å². The Bertz CT molecular complexity index is 245. The Morgan fingerprint density at radius 1 is 1.41 bits per heavy atom. The second-order valence-corrected chi connectivity index (χ2v) is 5.88. The van der Waals surface area contributed by atoms with Crippen LogP contribution in [0.3, 0.4) is 0 Å². The van der Waals surface area contributed by atoms with E-state index in [9.17, 15) is 9.67 Å². The summed E-state index contributed by atoms with van der Waals surface area (Å²) in [5.41, 5.74) is 0. The number of aliphatic hydroxyl groups is 1. The molecule has 17 heavy (non-hydrogen) atoms. The molecule has 1 aliphatic heterocycles. The Morgan fingerprint density at radius 2 is 2.00 bits per heavy atom. The third kappa shape index (κ3) is 6.50. The normalized spacial score (nSPS) is 21.5. The van der Waals surface area contributed by atoms with Crippen LogP contribution in [0.5, 0.6) is 0 Å². The molecule has 7 heteroatoms. The van der Waals surface area contributed by atoms with Crippen LogP contribution in [0.15, 0.2) is 0 Å². The molecule has 0 aromatic heterocycles. The zero-order valence-corrected chi connectivity index (χ0v) is 11.2. The van der Waals surface area contributed by atoms with E-state index < -0.39 is 13.7 Å². The number of hydrogen-bond acceptors (Lipinski definition) is 6. The van der Waals surface area contributed by atoms with Gasteiger partial charge in [-0.1, -0.05) is 0 Å². The van der Waals surface area contributed by atoms with Gasteiger partial charge in [0.1, 0.15) is 6.10 Å². The van der Waals surface area contributed by atoms with Crippen molar-refractivity contribution in [1.29, 1.82) is 0 Å². The smallest absolute Gasteiger partial charge is 0.333 e. The molecule has 0 aromatic rings. The van der Waals surface area contributed by atoms with Gasteiger partial charge in [0, 0.05) is 0 Å². The van der Waals surface area contributed by atoms with E-state index in [-0.39, 0.29) is 18.9 Å². The Kier molecular flexibility index (Phi) is 6.62. The van der Waals surface area contributed by atoms with Crippen molar-refractivity contribution < 1.29 is 28.2 Å². The van der Waals surface area contributed by atoms with Gasteiger partial charge >= 0.3 is 7.60 Å². The van der Waals surface area contributed by atoms with E-state index in [1.165, 1.54) is 0 Å². The minimum atomic E-state index is -3.19. The lowest BCUT2D eigenvalue weighted by Crippen LogP contribution is -2.22. The van der Waals surface area contributed by atoms with Crippen molar-refractivity contribution in [2.24, 2.45) is 0 Å². The number of hydrogen-bond donors (Lipinski definition) is 1. The number of ether oxygens (including phenoxy) is 2. The Balaban J connectivity index is 2.23. The van der Waals surface area contributed by atoms with Gasteiger partial charge in [-0.25, -0.2) is 0 Å². The second kappa shape index (κ2) is 7.46.